The number of hydrogen-bond acceptors (Lipinski definition) is 3. The molecule has 0 radical (unpaired) electrons. The minimum atomic E-state index is -0.250. The van der Waals surface area contributed by atoms with Gasteiger partial charge < -0.3 is 5.11 Å². The van der Waals surface area contributed by atoms with Crippen LogP contribution in [-0.2, 0) is 4.79 Å². The van der Waals surface area contributed by atoms with Gasteiger partial charge in [-0.2, -0.15) is 5.10 Å². The Bertz CT molecular complexity index is 1240. The van der Waals surface area contributed by atoms with E-state index in [1.165, 1.54) is 5.57 Å². The highest BCUT2D eigenvalue weighted by molar-refractivity contribution is 6.06. The predicted molar refractivity (Wildman–Crippen MR) is 139 cm³/mol. The van der Waals surface area contributed by atoms with Crippen molar-refractivity contribution in [2.45, 2.75) is 78.7 Å². The number of benzene rings is 1. The number of aliphatic hydroxyl groups is 1. The number of ketones is 1. The summed E-state index contributed by atoms with van der Waals surface area (Å²) in [5, 5.41) is 15.1. The lowest BCUT2D eigenvalue weighted by molar-refractivity contribution is -0.130. The van der Waals surface area contributed by atoms with Gasteiger partial charge in [0.25, 0.3) is 0 Å². The Morgan fingerprint density at radius 3 is 2.54 bits per heavy atom. The molecule has 4 aliphatic rings. The maximum atomic E-state index is 13.9. The topological polar surface area (TPSA) is 55.1 Å². The first-order valence-electron chi connectivity index (χ1n) is 13.5. The smallest absolute Gasteiger partial charge is 0.165 e. The second-order valence-corrected chi connectivity index (χ2v) is 12.1. The van der Waals surface area contributed by atoms with Gasteiger partial charge in [0, 0.05) is 16.7 Å². The molecule has 0 saturated heterocycles. The molecule has 184 valence electrons. The quantitative estimate of drug-likeness (QED) is 0.409. The Morgan fingerprint density at radius 2 is 1.77 bits per heavy atom. The largest absolute Gasteiger partial charge is 0.393 e. The first-order valence-corrected chi connectivity index (χ1v) is 13.5. The second-order valence-electron chi connectivity index (χ2n) is 12.1. The SMILES string of the molecule is Cc1nn(-c2ccccc2)c(C)c1/C=C1/C[C@@H]2[C@H]3CC=C4C[C@H](O)CC[C@]4(C)[C@@H]3CC[C@@]2(C)C1=O. The summed E-state index contributed by atoms with van der Waals surface area (Å²) in [6, 6.07) is 10.2. The maximum Gasteiger partial charge on any atom is 0.165 e. The van der Waals surface area contributed by atoms with E-state index in [1.54, 1.807) is 0 Å². The van der Waals surface area contributed by atoms with E-state index < -0.39 is 0 Å². The molecule has 6 atom stereocenters. The summed E-state index contributed by atoms with van der Waals surface area (Å²) in [4.78, 5) is 13.9. The number of rotatable bonds is 2. The zero-order valence-corrected chi connectivity index (χ0v) is 21.6. The molecule has 0 spiro atoms. The number of aromatic nitrogens is 2. The number of aryl methyl sites for hydroxylation is 1. The first kappa shape index (κ1) is 23.0. The van der Waals surface area contributed by atoms with Crippen LogP contribution in [0.1, 0.15) is 75.7 Å². The zero-order valence-electron chi connectivity index (χ0n) is 21.6. The van der Waals surface area contributed by atoms with Crippen molar-refractivity contribution in [2.75, 3.05) is 0 Å². The Labute approximate surface area is 209 Å². The highest BCUT2D eigenvalue weighted by Gasteiger charge is 2.59. The lowest BCUT2D eigenvalue weighted by Crippen LogP contribution is -2.50. The van der Waals surface area contributed by atoms with Crippen LogP contribution in [0, 0.1) is 42.4 Å². The van der Waals surface area contributed by atoms with Crippen LogP contribution in [0.3, 0.4) is 0 Å². The van der Waals surface area contributed by atoms with E-state index in [0.29, 0.717) is 23.5 Å². The van der Waals surface area contributed by atoms with Gasteiger partial charge in [0.05, 0.1) is 17.5 Å². The summed E-state index contributed by atoms with van der Waals surface area (Å²) in [6.45, 7) is 8.85. The van der Waals surface area contributed by atoms with Crippen molar-refractivity contribution < 1.29 is 9.90 Å². The minimum Gasteiger partial charge on any atom is -0.393 e. The molecule has 6 rings (SSSR count). The van der Waals surface area contributed by atoms with Crippen LogP contribution in [0.5, 0.6) is 0 Å². The van der Waals surface area contributed by atoms with Crippen molar-refractivity contribution in [2.24, 2.45) is 28.6 Å². The van der Waals surface area contributed by atoms with Crippen molar-refractivity contribution in [3.05, 3.63) is 64.5 Å². The van der Waals surface area contributed by atoms with E-state index in [-0.39, 0.29) is 16.9 Å². The molecule has 1 aromatic heterocycles. The lowest BCUT2D eigenvalue weighted by Gasteiger charge is -2.56. The van der Waals surface area contributed by atoms with Crippen molar-refractivity contribution in [3.63, 3.8) is 0 Å². The number of hydrogen-bond donors (Lipinski definition) is 1. The normalized spacial score (nSPS) is 37.6. The van der Waals surface area contributed by atoms with Crippen LogP contribution in [0.2, 0.25) is 0 Å². The summed E-state index contributed by atoms with van der Waals surface area (Å²) in [6.07, 6.45) is 11.3. The Kier molecular flexibility index (Phi) is 5.27. The number of Topliss-reactive ketones (excluding diaryl/α,β-unsaturated/α-hetero) is 1. The van der Waals surface area contributed by atoms with Crippen molar-refractivity contribution >= 4 is 11.9 Å². The van der Waals surface area contributed by atoms with E-state index in [0.717, 1.165) is 73.2 Å². The fourth-order valence-electron chi connectivity index (χ4n) is 8.30. The molecule has 4 nitrogen and oxygen atoms in total. The van der Waals surface area contributed by atoms with Gasteiger partial charge in [-0.3, -0.25) is 4.79 Å². The standard InChI is InChI=1S/C31H38N2O2/c1-19-26(20(2)33(32-19)23-8-6-5-7-9-23)16-21-17-28-25-11-10-22-18-24(34)12-14-30(22,3)27(25)13-15-31(28,4)29(21)35/h5-10,16,24-25,27-28,34H,11-15,17-18H2,1-4H3/b21-16-/t24-,25+,27-,28-,30+,31-/m1/s1. The molecular weight excluding hydrogens is 432 g/mol. The number of aliphatic hydroxyl groups excluding tert-OH is 1. The molecule has 1 heterocycles. The van der Waals surface area contributed by atoms with Gasteiger partial charge in [-0.15, -0.1) is 0 Å². The Balaban J connectivity index is 1.34. The number of nitrogens with zero attached hydrogens (tertiary/aromatic N) is 2. The molecule has 0 aliphatic heterocycles. The summed E-state index contributed by atoms with van der Waals surface area (Å²) in [5.74, 6) is 1.96. The molecule has 1 N–H and O–H groups in total. The molecule has 4 aliphatic carbocycles. The van der Waals surface area contributed by atoms with Gasteiger partial charge in [0.2, 0.25) is 0 Å². The molecule has 3 fully saturated rings. The van der Waals surface area contributed by atoms with E-state index in [9.17, 15) is 9.90 Å². The first-order chi connectivity index (χ1) is 16.7. The third-order valence-corrected chi connectivity index (χ3v) is 10.4. The molecule has 35 heavy (non-hydrogen) atoms. The summed E-state index contributed by atoms with van der Waals surface area (Å²) in [5.41, 5.74) is 6.64. The Hall–Kier alpha value is -2.46. The van der Waals surface area contributed by atoms with Crippen LogP contribution in [0.4, 0.5) is 0 Å². The number of fused-ring (bicyclic) bond motifs is 5. The fourth-order valence-corrected chi connectivity index (χ4v) is 8.30. The molecule has 0 bridgehead atoms. The van der Waals surface area contributed by atoms with Crippen LogP contribution in [0.25, 0.3) is 11.8 Å². The average Bonchev–Trinajstić information content (AvgIpc) is 3.28. The fraction of sp³-hybridized carbons (Fsp3) is 0.548. The number of carbonyl (C=O) groups is 1. The van der Waals surface area contributed by atoms with Crippen molar-refractivity contribution in [1.29, 1.82) is 0 Å². The molecule has 1 aromatic carbocycles. The monoisotopic (exact) mass is 470 g/mol. The molecular formula is C31H38N2O2. The van der Waals surface area contributed by atoms with Gasteiger partial charge in [-0.1, -0.05) is 43.7 Å². The van der Waals surface area contributed by atoms with E-state index >= 15 is 0 Å². The highest BCUT2D eigenvalue weighted by Crippen LogP contribution is 2.64. The van der Waals surface area contributed by atoms with Gasteiger partial charge in [-0.05, 0) is 106 Å². The molecule has 0 unspecified atom stereocenters. The van der Waals surface area contributed by atoms with Crippen LogP contribution in [-0.4, -0.2) is 26.8 Å². The van der Waals surface area contributed by atoms with Gasteiger partial charge in [-0.25, -0.2) is 4.68 Å². The van der Waals surface area contributed by atoms with Gasteiger partial charge in [0.1, 0.15) is 0 Å². The van der Waals surface area contributed by atoms with E-state index in [2.05, 4.69) is 52.0 Å². The van der Waals surface area contributed by atoms with Crippen LogP contribution >= 0.6 is 0 Å². The summed E-state index contributed by atoms with van der Waals surface area (Å²) < 4.78 is 2.00. The maximum absolute atomic E-state index is 13.9. The number of para-hydroxylation sites is 1. The molecule has 0 amide bonds. The third-order valence-electron chi connectivity index (χ3n) is 10.4. The predicted octanol–water partition coefficient (Wildman–Crippen LogP) is 6.38. The van der Waals surface area contributed by atoms with Crippen molar-refractivity contribution in [1.82, 2.24) is 9.78 Å². The van der Waals surface area contributed by atoms with Gasteiger partial charge in [0.15, 0.2) is 5.78 Å². The summed E-state index contributed by atoms with van der Waals surface area (Å²) in [7, 11) is 0. The third kappa shape index (κ3) is 3.36. The molecule has 4 heteroatoms. The second kappa shape index (κ2) is 8.03. The summed E-state index contributed by atoms with van der Waals surface area (Å²) >= 11 is 0. The van der Waals surface area contributed by atoms with E-state index in [1.807, 2.05) is 22.9 Å². The van der Waals surface area contributed by atoms with Crippen molar-refractivity contribution in [3.8, 4) is 5.69 Å². The minimum absolute atomic E-state index is 0.175. The number of carbonyl (C=O) groups excluding carboxylic acids is 1. The highest BCUT2D eigenvalue weighted by atomic mass is 16.3. The van der Waals surface area contributed by atoms with Crippen LogP contribution < -0.4 is 0 Å². The van der Waals surface area contributed by atoms with Gasteiger partial charge >= 0.3 is 0 Å². The molecule has 3 saturated carbocycles. The number of allylic oxidation sites excluding steroid dienone is 2. The molecule has 2 aromatic rings. The lowest BCUT2D eigenvalue weighted by atomic mass is 9.48. The Morgan fingerprint density at radius 1 is 1.03 bits per heavy atom. The van der Waals surface area contributed by atoms with E-state index in [4.69, 9.17) is 5.10 Å². The zero-order chi connectivity index (χ0) is 24.5. The average molecular weight is 471 g/mol. The van der Waals surface area contributed by atoms with Crippen LogP contribution in [0.15, 0.2) is 47.6 Å².